The summed E-state index contributed by atoms with van der Waals surface area (Å²) in [6.45, 7) is 1.42. The lowest BCUT2D eigenvalue weighted by atomic mass is 10.4. The monoisotopic (exact) mass is 343 g/mol. The van der Waals surface area contributed by atoms with Crippen molar-refractivity contribution >= 4 is 27.3 Å². The van der Waals surface area contributed by atoms with Gasteiger partial charge < -0.3 is 9.84 Å². The van der Waals surface area contributed by atoms with Crippen LogP contribution in [0.3, 0.4) is 0 Å². The van der Waals surface area contributed by atoms with Gasteiger partial charge in [0.1, 0.15) is 10.7 Å². The minimum absolute atomic E-state index is 0.0319. The zero-order chi connectivity index (χ0) is 16.3. The van der Waals surface area contributed by atoms with E-state index >= 15 is 0 Å². The molecule has 0 amide bonds. The van der Waals surface area contributed by atoms with E-state index in [0.717, 1.165) is 17.4 Å². The van der Waals surface area contributed by atoms with E-state index in [0.29, 0.717) is 10.8 Å². The quantitative estimate of drug-likeness (QED) is 0.804. The summed E-state index contributed by atoms with van der Waals surface area (Å²) in [5.41, 5.74) is 0. The standard InChI is InChI=1S/C12H13N3O5S2/c1-7-9(5-8(21-7)12(16)17)22(18,19)14-6-10-13-4-3-11(15-10)20-2/h3-5,14H,6H2,1-2H3,(H,16,17). The molecule has 0 aromatic carbocycles. The highest BCUT2D eigenvalue weighted by molar-refractivity contribution is 7.89. The van der Waals surface area contributed by atoms with Crippen molar-refractivity contribution in [1.29, 1.82) is 0 Å². The van der Waals surface area contributed by atoms with E-state index in [1.54, 1.807) is 13.0 Å². The number of thiophene rings is 1. The number of hydrogen-bond acceptors (Lipinski definition) is 7. The van der Waals surface area contributed by atoms with E-state index in [-0.39, 0.29) is 22.1 Å². The lowest BCUT2D eigenvalue weighted by molar-refractivity contribution is 0.0702. The molecule has 0 atom stereocenters. The van der Waals surface area contributed by atoms with Crippen LogP contribution in [0.25, 0.3) is 0 Å². The molecule has 0 spiro atoms. The van der Waals surface area contributed by atoms with Gasteiger partial charge in [-0.2, -0.15) is 4.98 Å². The molecule has 118 valence electrons. The summed E-state index contributed by atoms with van der Waals surface area (Å²) in [7, 11) is -2.40. The zero-order valence-electron chi connectivity index (χ0n) is 11.7. The van der Waals surface area contributed by atoms with Gasteiger partial charge in [-0.25, -0.2) is 22.9 Å². The molecule has 2 N–H and O–H groups in total. The Bertz CT molecular complexity index is 801. The van der Waals surface area contributed by atoms with Crippen molar-refractivity contribution in [2.45, 2.75) is 18.4 Å². The maximum absolute atomic E-state index is 12.2. The SMILES string of the molecule is COc1ccnc(CNS(=O)(=O)c2cc(C(=O)O)sc2C)n1. The van der Waals surface area contributed by atoms with Gasteiger partial charge in [0, 0.05) is 17.1 Å². The predicted molar refractivity (Wildman–Crippen MR) is 78.6 cm³/mol. The number of aryl methyl sites for hydroxylation is 1. The summed E-state index contributed by atoms with van der Waals surface area (Å²) in [5.74, 6) is -0.593. The van der Waals surface area contributed by atoms with Gasteiger partial charge in [0.15, 0.2) is 0 Å². The second kappa shape index (κ2) is 6.38. The van der Waals surface area contributed by atoms with Crippen LogP contribution in [0.2, 0.25) is 0 Å². The predicted octanol–water partition coefficient (Wildman–Crippen LogP) is 1.03. The van der Waals surface area contributed by atoms with Crippen LogP contribution >= 0.6 is 11.3 Å². The first-order valence-electron chi connectivity index (χ1n) is 6.03. The summed E-state index contributed by atoms with van der Waals surface area (Å²) in [6, 6.07) is 2.68. The van der Waals surface area contributed by atoms with Crippen LogP contribution in [0.15, 0.2) is 23.2 Å². The second-order valence-corrected chi connectivity index (χ2v) is 7.17. The average Bonchev–Trinajstić information content (AvgIpc) is 2.89. The Labute approximate surface area is 130 Å². The number of ether oxygens (including phenoxy) is 1. The summed E-state index contributed by atoms with van der Waals surface area (Å²) in [6.07, 6.45) is 1.45. The van der Waals surface area contributed by atoms with Gasteiger partial charge in [-0.1, -0.05) is 0 Å². The van der Waals surface area contributed by atoms with Gasteiger partial charge in [-0.05, 0) is 13.0 Å². The number of hydrogen-bond donors (Lipinski definition) is 2. The van der Waals surface area contributed by atoms with Gasteiger partial charge in [0.05, 0.1) is 18.6 Å². The van der Waals surface area contributed by atoms with Crippen molar-refractivity contribution in [3.8, 4) is 5.88 Å². The fourth-order valence-corrected chi connectivity index (χ4v) is 4.06. The highest BCUT2D eigenvalue weighted by Gasteiger charge is 2.22. The lowest BCUT2D eigenvalue weighted by Crippen LogP contribution is -2.24. The molecule has 0 aliphatic heterocycles. The molecule has 0 fully saturated rings. The van der Waals surface area contributed by atoms with Crippen LogP contribution < -0.4 is 9.46 Å². The third-order valence-corrected chi connectivity index (χ3v) is 5.38. The Morgan fingerprint density at radius 2 is 2.23 bits per heavy atom. The number of aromatic nitrogens is 2. The zero-order valence-corrected chi connectivity index (χ0v) is 13.4. The first kappa shape index (κ1) is 16.3. The molecular formula is C12H13N3O5S2. The Morgan fingerprint density at radius 3 is 2.82 bits per heavy atom. The maximum Gasteiger partial charge on any atom is 0.345 e. The Hall–Kier alpha value is -2.04. The van der Waals surface area contributed by atoms with Crippen molar-refractivity contribution in [2.24, 2.45) is 0 Å². The normalized spacial score (nSPS) is 11.4. The number of carboxylic acids is 1. The molecule has 0 aliphatic carbocycles. The lowest BCUT2D eigenvalue weighted by Gasteiger charge is -2.06. The molecular weight excluding hydrogens is 330 g/mol. The first-order chi connectivity index (χ1) is 10.3. The number of sulfonamides is 1. The van der Waals surface area contributed by atoms with Crippen LogP contribution in [0.4, 0.5) is 0 Å². The number of rotatable bonds is 6. The van der Waals surface area contributed by atoms with Crippen molar-refractivity contribution in [3.05, 3.63) is 33.9 Å². The Kier molecular flexibility index (Phi) is 4.74. The number of nitrogens with one attached hydrogen (secondary N) is 1. The molecule has 0 aliphatic rings. The minimum Gasteiger partial charge on any atom is -0.481 e. The molecule has 0 unspecified atom stereocenters. The van der Waals surface area contributed by atoms with Crippen molar-refractivity contribution < 1.29 is 23.1 Å². The first-order valence-corrected chi connectivity index (χ1v) is 8.33. The highest BCUT2D eigenvalue weighted by atomic mass is 32.2. The molecule has 2 heterocycles. The average molecular weight is 343 g/mol. The Morgan fingerprint density at radius 1 is 1.50 bits per heavy atom. The summed E-state index contributed by atoms with van der Waals surface area (Å²) in [4.78, 5) is 19.1. The summed E-state index contributed by atoms with van der Waals surface area (Å²) in [5, 5.41) is 8.92. The molecule has 8 nitrogen and oxygen atoms in total. The Balaban J connectivity index is 2.19. The number of carbonyl (C=O) groups is 1. The van der Waals surface area contributed by atoms with Crippen LogP contribution in [0.1, 0.15) is 20.4 Å². The van der Waals surface area contributed by atoms with Gasteiger partial charge >= 0.3 is 5.97 Å². The molecule has 0 saturated heterocycles. The fourth-order valence-electron chi connectivity index (χ4n) is 1.65. The molecule has 2 aromatic rings. The van der Waals surface area contributed by atoms with E-state index in [1.165, 1.54) is 13.3 Å². The van der Waals surface area contributed by atoms with E-state index in [2.05, 4.69) is 14.7 Å². The minimum atomic E-state index is -3.85. The number of methoxy groups -OCH3 is 1. The third-order valence-electron chi connectivity index (χ3n) is 2.68. The molecule has 22 heavy (non-hydrogen) atoms. The van der Waals surface area contributed by atoms with Gasteiger partial charge in [-0.3, -0.25) is 0 Å². The molecule has 2 aromatic heterocycles. The summed E-state index contributed by atoms with van der Waals surface area (Å²) >= 11 is 0.907. The maximum atomic E-state index is 12.2. The molecule has 0 bridgehead atoms. The number of aromatic carboxylic acids is 1. The topological polar surface area (TPSA) is 118 Å². The molecule has 0 radical (unpaired) electrons. The van der Waals surface area contributed by atoms with E-state index in [9.17, 15) is 13.2 Å². The molecule has 2 rings (SSSR count). The van der Waals surface area contributed by atoms with Crippen molar-refractivity contribution in [2.75, 3.05) is 7.11 Å². The largest absolute Gasteiger partial charge is 0.481 e. The van der Waals surface area contributed by atoms with Gasteiger partial charge in [0.2, 0.25) is 15.9 Å². The van der Waals surface area contributed by atoms with Crippen LogP contribution in [-0.2, 0) is 16.6 Å². The van der Waals surface area contributed by atoms with E-state index in [4.69, 9.17) is 9.84 Å². The molecule has 0 saturated carbocycles. The van der Waals surface area contributed by atoms with Crippen LogP contribution in [0, 0.1) is 6.92 Å². The smallest absolute Gasteiger partial charge is 0.345 e. The van der Waals surface area contributed by atoms with Crippen LogP contribution in [-0.4, -0.2) is 36.6 Å². The van der Waals surface area contributed by atoms with Crippen molar-refractivity contribution in [1.82, 2.24) is 14.7 Å². The summed E-state index contributed by atoms with van der Waals surface area (Å²) < 4.78 is 31.7. The van der Waals surface area contributed by atoms with E-state index in [1.807, 2.05) is 0 Å². The van der Waals surface area contributed by atoms with Gasteiger partial charge in [-0.15, -0.1) is 11.3 Å². The van der Waals surface area contributed by atoms with Crippen molar-refractivity contribution in [3.63, 3.8) is 0 Å². The molecule has 10 heteroatoms. The van der Waals surface area contributed by atoms with Gasteiger partial charge in [0.25, 0.3) is 0 Å². The number of nitrogens with zero attached hydrogens (tertiary/aromatic N) is 2. The second-order valence-electron chi connectivity index (χ2n) is 4.18. The fraction of sp³-hybridized carbons (Fsp3) is 0.250. The third kappa shape index (κ3) is 3.59. The highest BCUT2D eigenvalue weighted by Crippen LogP contribution is 2.25. The number of carboxylic acid groups (broad SMARTS) is 1. The van der Waals surface area contributed by atoms with E-state index < -0.39 is 16.0 Å². The van der Waals surface area contributed by atoms with Crippen LogP contribution in [0.5, 0.6) is 5.88 Å².